The molecular weight excluding hydrogens is 1020 g/mol. The Morgan fingerprint density at radius 1 is 0.846 bits per heavy atom. The van der Waals surface area contributed by atoms with E-state index in [1.165, 1.54) is 11.3 Å². The lowest BCUT2D eigenvalue weighted by atomic mass is 10.1. The monoisotopic (exact) mass is 1100 g/mol. The van der Waals surface area contributed by atoms with Crippen LogP contribution >= 0.6 is 21.6 Å². The summed E-state index contributed by atoms with van der Waals surface area (Å²) in [6.45, 7) is 15.9. The van der Waals surface area contributed by atoms with Gasteiger partial charge in [0.1, 0.15) is 13.2 Å². The summed E-state index contributed by atoms with van der Waals surface area (Å²) in [4.78, 5) is 58.9. The van der Waals surface area contributed by atoms with E-state index in [1.807, 2.05) is 102 Å². The van der Waals surface area contributed by atoms with Gasteiger partial charge in [-0.05, 0) is 123 Å². The maximum atomic E-state index is 14.0. The topological polar surface area (TPSA) is 151 Å². The Kier molecular flexibility index (Phi) is 22.8. The number of anilines is 4. The SMILES string of the molecule is CCC(CC)NC=O.CCCC(C)SSC(C)(C)CCC(=O)N(C)c1cc(COc2cc(N=C[C@@H]3Cc4ccccc4N3C=O)c(C)cc2OC)cc(COc2cc(NCC3Cc4ccccc4N3C)c(C=O)cc2OC)c1. The first-order valence-electron chi connectivity index (χ1n) is 27.0. The average molecular weight is 1100 g/mol. The van der Waals surface area contributed by atoms with Crippen LogP contribution in [0.4, 0.5) is 28.4 Å². The van der Waals surface area contributed by atoms with Crippen molar-refractivity contribution in [3.63, 3.8) is 0 Å². The van der Waals surface area contributed by atoms with Gasteiger partial charge in [-0.15, -0.1) is 0 Å². The van der Waals surface area contributed by atoms with E-state index in [2.05, 4.69) is 88.4 Å². The van der Waals surface area contributed by atoms with Gasteiger partial charge in [0, 0.05) is 96.2 Å². The summed E-state index contributed by atoms with van der Waals surface area (Å²) >= 11 is 0. The van der Waals surface area contributed by atoms with Gasteiger partial charge in [-0.2, -0.15) is 0 Å². The van der Waals surface area contributed by atoms with Crippen LogP contribution in [-0.2, 0) is 40.4 Å². The molecule has 418 valence electrons. The highest BCUT2D eigenvalue weighted by atomic mass is 33.1. The number of para-hydroxylation sites is 2. The van der Waals surface area contributed by atoms with Gasteiger partial charge in [-0.25, -0.2) is 0 Å². The first-order chi connectivity index (χ1) is 37.6. The van der Waals surface area contributed by atoms with Crippen LogP contribution in [0.15, 0.2) is 96.0 Å². The minimum absolute atomic E-state index is 0.00395. The number of rotatable bonds is 28. The van der Waals surface area contributed by atoms with Gasteiger partial charge in [-0.3, -0.25) is 24.2 Å². The number of aliphatic imine (C=N–C) groups is 1. The zero-order chi connectivity index (χ0) is 56.4. The zero-order valence-electron chi connectivity index (χ0n) is 47.4. The van der Waals surface area contributed by atoms with E-state index in [0.717, 1.165) is 85.6 Å². The number of aldehydes is 1. The normalized spacial score (nSPS) is 15.0. The van der Waals surface area contributed by atoms with Gasteiger partial charge in [0.05, 0.1) is 32.0 Å². The molecule has 16 heteroatoms. The third kappa shape index (κ3) is 16.2. The molecular formula is C62H80N6O8S2. The van der Waals surface area contributed by atoms with Gasteiger partial charge < -0.3 is 44.3 Å². The van der Waals surface area contributed by atoms with Gasteiger partial charge in [0.2, 0.25) is 18.7 Å². The molecule has 2 aliphatic heterocycles. The van der Waals surface area contributed by atoms with Crippen molar-refractivity contribution >= 4 is 81.3 Å². The third-order valence-electron chi connectivity index (χ3n) is 14.4. The number of likely N-dealkylation sites (N-methyl/N-ethyl adjacent to an activating group) is 1. The fourth-order valence-electron chi connectivity index (χ4n) is 9.55. The summed E-state index contributed by atoms with van der Waals surface area (Å²) in [7, 11) is 10.8. The second kappa shape index (κ2) is 29.4. The largest absolute Gasteiger partial charge is 0.493 e. The van der Waals surface area contributed by atoms with Crippen LogP contribution in [0, 0.1) is 6.92 Å². The van der Waals surface area contributed by atoms with Crippen molar-refractivity contribution < 1.29 is 38.1 Å². The Morgan fingerprint density at radius 3 is 2.06 bits per heavy atom. The van der Waals surface area contributed by atoms with Crippen molar-refractivity contribution in [2.75, 3.05) is 54.9 Å². The number of nitrogens with one attached hydrogen (secondary N) is 2. The minimum atomic E-state index is -0.217. The molecule has 0 bridgehead atoms. The van der Waals surface area contributed by atoms with E-state index in [0.29, 0.717) is 76.3 Å². The molecule has 5 aromatic rings. The van der Waals surface area contributed by atoms with Crippen molar-refractivity contribution in [1.82, 2.24) is 5.32 Å². The fraction of sp³-hybridized carbons (Fsp3) is 0.435. The van der Waals surface area contributed by atoms with E-state index in [1.54, 1.807) is 30.1 Å². The molecule has 2 aliphatic rings. The maximum Gasteiger partial charge on any atom is 0.226 e. The van der Waals surface area contributed by atoms with E-state index in [-0.39, 0.29) is 36.0 Å². The molecule has 5 aromatic carbocycles. The van der Waals surface area contributed by atoms with Crippen molar-refractivity contribution in [3.8, 4) is 23.0 Å². The van der Waals surface area contributed by atoms with Crippen LogP contribution in [0.25, 0.3) is 0 Å². The van der Waals surface area contributed by atoms with Gasteiger partial charge in [-0.1, -0.05) is 92.1 Å². The lowest BCUT2D eigenvalue weighted by Crippen LogP contribution is -2.34. The van der Waals surface area contributed by atoms with Crippen molar-refractivity contribution in [2.45, 2.75) is 141 Å². The molecule has 0 aromatic heterocycles. The first kappa shape index (κ1) is 60.6. The maximum absolute atomic E-state index is 14.0. The fourth-order valence-corrected chi connectivity index (χ4v) is 12.3. The number of fused-ring (bicyclic) bond motifs is 2. The molecule has 0 aliphatic carbocycles. The van der Waals surface area contributed by atoms with Gasteiger partial charge in [0.25, 0.3) is 0 Å². The lowest BCUT2D eigenvalue weighted by Gasteiger charge is -2.26. The molecule has 3 amide bonds. The van der Waals surface area contributed by atoms with Crippen molar-refractivity contribution in [3.05, 3.63) is 124 Å². The predicted octanol–water partition coefficient (Wildman–Crippen LogP) is 12.8. The number of methoxy groups -OCH3 is 2. The summed E-state index contributed by atoms with van der Waals surface area (Å²) in [5.41, 5.74) is 9.49. The molecule has 7 rings (SSSR count). The van der Waals surface area contributed by atoms with E-state index < -0.39 is 0 Å². The van der Waals surface area contributed by atoms with Crippen molar-refractivity contribution in [2.24, 2.45) is 4.99 Å². The first-order valence-corrected chi connectivity index (χ1v) is 29.3. The van der Waals surface area contributed by atoms with Crippen LogP contribution in [0.3, 0.4) is 0 Å². The zero-order valence-corrected chi connectivity index (χ0v) is 49.1. The molecule has 2 N–H and O–H groups in total. The molecule has 0 saturated heterocycles. The van der Waals surface area contributed by atoms with Crippen molar-refractivity contribution in [1.29, 1.82) is 0 Å². The second-order valence-electron chi connectivity index (χ2n) is 20.5. The average Bonchev–Trinajstić information content (AvgIpc) is 3.98. The Bertz CT molecular complexity index is 2840. The molecule has 0 fully saturated rings. The third-order valence-corrected chi connectivity index (χ3v) is 18.3. The molecule has 2 unspecified atom stereocenters. The number of carbonyl (C=O) groups is 4. The molecule has 14 nitrogen and oxygen atoms in total. The molecule has 78 heavy (non-hydrogen) atoms. The molecule has 2 heterocycles. The number of nitrogens with zero attached hydrogens (tertiary/aromatic N) is 4. The Morgan fingerprint density at radius 2 is 1.47 bits per heavy atom. The van der Waals surface area contributed by atoms with Crippen LogP contribution in [0.2, 0.25) is 0 Å². The summed E-state index contributed by atoms with van der Waals surface area (Å²) in [6, 6.07) is 29.9. The van der Waals surface area contributed by atoms with Crippen LogP contribution in [-0.4, -0.2) is 94.2 Å². The van der Waals surface area contributed by atoms with Crippen LogP contribution < -0.4 is 44.3 Å². The lowest BCUT2D eigenvalue weighted by molar-refractivity contribution is -0.118. The number of ether oxygens (including phenoxy) is 4. The Balaban J connectivity index is 0.00000114. The smallest absolute Gasteiger partial charge is 0.226 e. The van der Waals surface area contributed by atoms with Gasteiger partial charge >= 0.3 is 0 Å². The predicted molar refractivity (Wildman–Crippen MR) is 323 cm³/mol. The summed E-state index contributed by atoms with van der Waals surface area (Å²) < 4.78 is 24.5. The number of aryl methyl sites for hydroxylation is 1. The highest BCUT2D eigenvalue weighted by Crippen LogP contribution is 2.43. The standard InChI is InChI=1S/C56H67N5O7S2.C6H13NO/c1-10-15-38(3)69-70-56(4,5)21-20-55(64)60(7)44-24-39(34-67-53-29-47(37(2)22-51(53)65-8)57-32-46-27-42-17-12-14-19-50(42)61(46)36-63)23-40(25-44)35-68-54-30-48(43(33-62)28-52(54)66-9)58-31-45-26-41-16-11-13-18-49(41)59(45)6;1-3-6(4-2)7-5-8/h11-14,16-19,22-25,28-30,32-33,36,38,45-46,58H,10,15,20-21,26-27,31,34-35H2,1-9H3;5-6H,3-4H2,1-2H3,(H,7,8)/t38?,45?,46-;/m0./s1. The summed E-state index contributed by atoms with van der Waals surface area (Å²) in [5, 5.41) is 6.77. The number of benzene rings is 5. The molecule has 0 saturated carbocycles. The highest BCUT2D eigenvalue weighted by Gasteiger charge is 2.29. The van der Waals surface area contributed by atoms with Crippen LogP contribution in [0.1, 0.15) is 118 Å². The van der Waals surface area contributed by atoms with E-state index in [4.69, 9.17) is 23.9 Å². The number of carbonyl (C=O) groups excluding carboxylic acids is 4. The number of hydrogen-bond acceptors (Lipinski definition) is 13. The van der Waals surface area contributed by atoms with E-state index >= 15 is 0 Å². The van der Waals surface area contributed by atoms with E-state index in [9.17, 15) is 19.2 Å². The molecule has 0 radical (unpaired) electrons. The second-order valence-corrected chi connectivity index (χ2v) is 23.9. The van der Waals surface area contributed by atoms with Gasteiger partial charge in [0.15, 0.2) is 29.3 Å². The molecule has 3 atom stereocenters. The summed E-state index contributed by atoms with van der Waals surface area (Å²) in [6.07, 6.45) is 11.3. The number of hydrogen-bond donors (Lipinski definition) is 2. The highest BCUT2D eigenvalue weighted by molar-refractivity contribution is 8.77. The Hall–Kier alpha value is -6.65. The number of amides is 3. The quantitative estimate of drug-likeness (QED) is 0.0279. The van der Waals surface area contributed by atoms with Crippen LogP contribution in [0.5, 0.6) is 23.0 Å². The molecule has 0 spiro atoms. The summed E-state index contributed by atoms with van der Waals surface area (Å²) in [5.74, 6) is 1.94. The Labute approximate surface area is 470 Å². The minimum Gasteiger partial charge on any atom is -0.493 e.